The Bertz CT molecular complexity index is 460. The molecule has 1 aliphatic rings. The lowest BCUT2D eigenvalue weighted by Gasteiger charge is -2.15. The van der Waals surface area contributed by atoms with Gasteiger partial charge in [-0.25, -0.2) is 0 Å². The molecule has 2 rings (SSSR count). The summed E-state index contributed by atoms with van der Waals surface area (Å²) in [4.78, 5) is 24.2. The van der Waals surface area contributed by atoms with Gasteiger partial charge in [-0.3, -0.25) is 14.5 Å². The highest BCUT2D eigenvalue weighted by Crippen LogP contribution is 2.22. The second-order valence-electron chi connectivity index (χ2n) is 4.77. The van der Waals surface area contributed by atoms with E-state index >= 15 is 0 Å². The van der Waals surface area contributed by atoms with E-state index in [9.17, 15) is 9.59 Å². The van der Waals surface area contributed by atoms with Gasteiger partial charge >= 0.3 is 11.9 Å². The van der Waals surface area contributed by atoms with Gasteiger partial charge in [-0.1, -0.05) is 30.3 Å². The number of esters is 1. The minimum atomic E-state index is -0.915. The summed E-state index contributed by atoms with van der Waals surface area (Å²) in [6, 6.07) is 9.83. The van der Waals surface area contributed by atoms with Crippen LogP contribution in [0.5, 0.6) is 0 Å². The van der Waals surface area contributed by atoms with Crippen LogP contribution in [0.25, 0.3) is 0 Å². The van der Waals surface area contributed by atoms with Crippen molar-refractivity contribution in [3.63, 3.8) is 0 Å². The van der Waals surface area contributed by atoms with E-state index in [0.29, 0.717) is 19.6 Å². The smallest absolute Gasteiger partial charge is 0.311 e. The van der Waals surface area contributed by atoms with Crippen molar-refractivity contribution in [3.05, 3.63) is 35.9 Å². The number of carboxylic acid groups (broad SMARTS) is 1. The number of likely N-dealkylation sites (tertiary alicyclic amines) is 1. The molecule has 1 N–H and O–H groups in total. The Morgan fingerprint density at radius 1 is 1.32 bits per heavy atom. The molecule has 102 valence electrons. The quantitative estimate of drug-likeness (QED) is 0.825. The van der Waals surface area contributed by atoms with Gasteiger partial charge in [0.25, 0.3) is 0 Å². The topological polar surface area (TPSA) is 66.8 Å². The van der Waals surface area contributed by atoms with Crippen molar-refractivity contribution < 1.29 is 19.4 Å². The normalized spacial score (nSPS) is 23.2. The lowest BCUT2D eigenvalue weighted by atomic mass is 10.1. The third kappa shape index (κ3) is 3.54. The first kappa shape index (κ1) is 13.5. The van der Waals surface area contributed by atoms with Gasteiger partial charge in [0.1, 0.15) is 12.0 Å². The molecule has 5 nitrogen and oxygen atoms in total. The number of hydrogen-bond donors (Lipinski definition) is 1. The van der Waals surface area contributed by atoms with Crippen molar-refractivity contribution in [2.24, 2.45) is 5.92 Å². The summed E-state index contributed by atoms with van der Waals surface area (Å²) in [7, 11) is 0. The molecule has 0 amide bonds. The molecule has 1 aliphatic heterocycles. The molecule has 0 spiro atoms. The fraction of sp³-hybridized carbons (Fsp3) is 0.429. The molecule has 0 saturated carbocycles. The second kappa shape index (κ2) is 5.84. The maximum Gasteiger partial charge on any atom is 0.311 e. The third-order valence-electron chi connectivity index (χ3n) is 3.23. The standard InChI is InChI=1S/C14H17NO4/c1-10(16)19-13-9-15(8-12(13)14(17)18)7-11-5-3-2-4-6-11/h2-6,12-13H,7-9H2,1H3,(H,17,18)/t12-,13-/m1/s1. The summed E-state index contributed by atoms with van der Waals surface area (Å²) in [5.74, 6) is -1.99. The average molecular weight is 263 g/mol. The zero-order valence-electron chi connectivity index (χ0n) is 10.8. The van der Waals surface area contributed by atoms with Crippen molar-refractivity contribution in [3.8, 4) is 0 Å². The van der Waals surface area contributed by atoms with Crippen LogP contribution < -0.4 is 0 Å². The molecule has 1 aromatic rings. The van der Waals surface area contributed by atoms with E-state index in [0.717, 1.165) is 5.56 Å². The second-order valence-corrected chi connectivity index (χ2v) is 4.77. The van der Waals surface area contributed by atoms with Crippen molar-refractivity contribution in [1.29, 1.82) is 0 Å². The Hall–Kier alpha value is -1.88. The van der Waals surface area contributed by atoms with Gasteiger partial charge in [-0.15, -0.1) is 0 Å². The van der Waals surface area contributed by atoms with Gasteiger partial charge in [0.2, 0.25) is 0 Å². The highest BCUT2D eigenvalue weighted by molar-refractivity contribution is 5.73. The maximum absolute atomic E-state index is 11.2. The predicted octanol–water partition coefficient (Wildman–Crippen LogP) is 1.13. The third-order valence-corrected chi connectivity index (χ3v) is 3.23. The molecule has 1 aromatic carbocycles. The zero-order chi connectivity index (χ0) is 13.8. The molecule has 1 heterocycles. The highest BCUT2D eigenvalue weighted by Gasteiger charge is 2.39. The number of aliphatic carboxylic acids is 1. The minimum Gasteiger partial charge on any atom is -0.481 e. The summed E-state index contributed by atoms with van der Waals surface area (Å²) >= 11 is 0. The van der Waals surface area contributed by atoms with Gasteiger partial charge in [0.15, 0.2) is 0 Å². The van der Waals surface area contributed by atoms with Crippen LogP contribution in [0.15, 0.2) is 30.3 Å². The number of carboxylic acids is 1. The summed E-state index contributed by atoms with van der Waals surface area (Å²) in [6.45, 7) is 2.84. The highest BCUT2D eigenvalue weighted by atomic mass is 16.5. The number of carbonyl (C=O) groups excluding carboxylic acids is 1. The molecule has 19 heavy (non-hydrogen) atoms. The number of nitrogens with zero attached hydrogens (tertiary/aromatic N) is 1. The number of benzene rings is 1. The van der Waals surface area contributed by atoms with Crippen LogP contribution in [-0.2, 0) is 20.9 Å². The molecule has 2 atom stereocenters. The Balaban J connectivity index is 2.01. The minimum absolute atomic E-state index is 0.405. The molecular formula is C14H17NO4. The van der Waals surface area contributed by atoms with E-state index in [4.69, 9.17) is 9.84 Å². The van der Waals surface area contributed by atoms with E-state index in [1.165, 1.54) is 6.92 Å². The van der Waals surface area contributed by atoms with Gasteiger partial charge in [-0.05, 0) is 5.56 Å². The Morgan fingerprint density at radius 2 is 2.00 bits per heavy atom. The molecule has 1 saturated heterocycles. The number of rotatable bonds is 4. The fourth-order valence-corrected chi connectivity index (χ4v) is 2.39. The first-order valence-corrected chi connectivity index (χ1v) is 6.22. The van der Waals surface area contributed by atoms with Crippen LogP contribution >= 0.6 is 0 Å². The summed E-state index contributed by atoms with van der Waals surface area (Å²) in [5.41, 5.74) is 1.12. The van der Waals surface area contributed by atoms with Crippen LogP contribution in [-0.4, -0.2) is 41.1 Å². The lowest BCUT2D eigenvalue weighted by Crippen LogP contribution is -2.30. The summed E-state index contributed by atoms with van der Waals surface area (Å²) in [6.07, 6.45) is -0.557. The lowest BCUT2D eigenvalue weighted by molar-refractivity contribution is -0.153. The van der Waals surface area contributed by atoms with E-state index in [1.807, 2.05) is 35.2 Å². The van der Waals surface area contributed by atoms with Crippen molar-refractivity contribution in [1.82, 2.24) is 4.90 Å². The Labute approximate surface area is 111 Å². The SMILES string of the molecule is CC(=O)O[C@@H]1CN(Cc2ccccc2)C[C@H]1C(=O)O. The van der Waals surface area contributed by atoms with Crippen LogP contribution in [0.3, 0.4) is 0 Å². The number of ether oxygens (including phenoxy) is 1. The zero-order valence-corrected chi connectivity index (χ0v) is 10.8. The van der Waals surface area contributed by atoms with Crippen molar-refractivity contribution in [2.45, 2.75) is 19.6 Å². The molecule has 0 aliphatic carbocycles. The van der Waals surface area contributed by atoms with Gasteiger partial charge in [-0.2, -0.15) is 0 Å². The van der Waals surface area contributed by atoms with Crippen LogP contribution in [0, 0.1) is 5.92 Å². The van der Waals surface area contributed by atoms with Crippen LogP contribution in [0.2, 0.25) is 0 Å². The van der Waals surface area contributed by atoms with Crippen LogP contribution in [0.1, 0.15) is 12.5 Å². The van der Waals surface area contributed by atoms with Crippen LogP contribution in [0.4, 0.5) is 0 Å². The van der Waals surface area contributed by atoms with E-state index < -0.39 is 24.0 Å². The van der Waals surface area contributed by atoms with Crippen molar-refractivity contribution in [2.75, 3.05) is 13.1 Å². The average Bonchev–Trinajstić information content (AvgIpc) is 2.72. The first-order valence-electron chi connectivity index (χ1n) is 6.22. The monoisotopic (exact) mass is 263 g/mol. The molecule has 0 bridgehead atoms. The largest absolute Gasteiger partial charge is 0.481 e. The predicted molar refractivity (Wildman–Crippen MR) is 68.4 cm³/mol. The molecular weight excluding hydrogens is 246 g/mol. The van der Waals surface area contributed by atoms with E-state index in [2.05, 4.69) is 0 Å². The molecule has 1 fully saturated rings. The number of hydrogen-bond acceptors (Lipinski definition) is 4. The van der Waals surface area contributed by atoms with Gasteiger partial charge < -0.3 is 9.84 Å². The molecule has 5 heteroatoms. The summed E-state index contributed by atoms with van der Waals surface area (Å²) in [5, 5.41) is 9.16. The maximum atomic E-state index is 11.2. The van der Waals surface area contributed by atoms with E-state index in [-0.39, 0.29) is 0 Å². The molecule has 0 unspecified atom stereocenters. The van der Waals surface area contributed by atoms with Gasteiger partial charge in [0.05, 0.1) is 0 Å². The fourth-order valence-electron chi connectivity index (χ4n) is 2.39. The Morgan fingerprint density at radius 3 is 2.58 bits per heavy atom. The summed E-state index contributed by atoms with van der Waals surface area (Å²) < 4.78 is 5.09. The van der Waals surface area contributed by atoms with Crippen molar-refractivity contribution >= 4 is 11.9 Å². The first-order chi connectivity index (χ1) is 9.06. The number of carbonyl (C=O) groups is 2. The Kier molecular flexibility index (Phi) is 4.16. The molecule has 0 radical (unpaired) electrons. The van der Waals surface area contributed by atoms with E-state index in [1.54, 1.807) is 0 Å². The molecule has 0 aromatic heterocycles. The van der Waals surface area contributed by atoms with Gasteiger partial charge in [0, 0.05) is 26.6 Å².